The number of pyridine rings is 1. The van der Waals surface area contributed by atoms with E-state index in [0.717, 1.165) is 24.1 Å². The Balaban J connectivity index is 1.31. The Bertz CT molecular complexity index is 1040. The summed E-state index contributed by atoms with van der Waals surface area (Å²) in [7, 11) is 0. The van der Waals surface area contributed by atoms with E-state index in [2.05, 4.69) is 32.4 Å². The molecule has 8 nitrogen and oxygen atoms in total. The van der Waals surface area contributed by atoms with Crippen molar-refractivity contribution in [3.05, 3.63) is 54.4 Å². The summed E-state index contributed by atoms with van der Waals surface area (Å²) in [6.07, 6.45) is 3.23. The number of amides is 2. The van der Waals surface area contributed by atoms with Crippen LogP contribution in [-0.2, 0) is 4.79 Å². The van der Waals surface area contributed by atoms with Gasteiger partial charge in [-0.1, -0.05) is 18.2 Å². The average molecular weight is 406 g/mol. The van der Waals surface area contributed by atoms with Gasteiger partial charge in [-0.3, -0.25) is 9.59 Å². The molecule has 0 atom stereocenters. The zero-order chi connectivity index (χ0) is 21.1. The normalized spacial score (nSPS) is 14.4. The molecule has 1 N–H and O–H groups in total. The Labute approximate surface area is 175 Å². The molecule has 1 saturated heterocycles. The van der Waals surface area contributed by atoms with Gasteiger partial charge in [0.1, 0.15) is 0 Å². The van der Waals surface area contributed by atoms with E-state index in [1.54, 1.807) is 17.2 Å². The highest BCUT2D eigenvalue weighted by Gasteiger charge is 2.22. The number of carbonyl (C=O) groups is 2. The zero-order valence-electron chi connectivity index (χ0n) is 17.3. The van der Waals surface area contributed by atoms with Gasteiger partial charge in [0.05, 0.1) is 18.3 Å². The van der Waals surface area contributed by atoms with Gasteiger partial charge in [-0.2, -0.15) is 5.10 Å². The molecule has 1 fully saturated rings. The molecule has 1 aliphatic rings. The van der Waals surface area contributed by atoms with Crippen LogP contribution in [0.5, 0.6) is 0 Å². The first-order valence-corrected chi connectivity index (χ1v) is 10.2. The quantitative estimate of drug-likeness (QED) is 0.702. The van der Waals surface area contributed by atoms with Gasteiger partial charge in [-0.25, -0.2) is 9.67 Å². The van der Waals surface area contributed by atoms with Gasteiger partial charge in [0.25, 0.3) is 5.91 Å². The van der Waals surface area contributed by atoms with E-state index in [1.807, 2.05) is 36.7 Å². The maximum atomic E-state index is 12.5. The van der Waals surface area contributed by atoms with Crippen molar-refractivity contribution in [2.45, 2.75) is 19.9 Å². The molecule has 3 aromatic rings. The van der Waals surface area contributed by atoms with Crippen LogP contribution in [0.4, 0.5) is 5.69 Å². The van der Waals surface area contributed by atoms with Crippen molar-refractivity contribution >= 4 is 28.5 Å². The van der Waals surface area contributed by atoms with E-state index in [9.17, 15) is 9.59 Å². The molecule has 1 aromatic carbocycles. The predicted octanol–water partition coefficient (Wildman–Crippen LogP) is 2.09. The highest BCUT2D eigenvalue weighted by atomic mass is 16.2. The molecular formula is C22H26N6O2. The van der Waals surface area contributed by atoms with Crippen LogP contribution < -0.4 is 10.2 Å². The molecule has 1 aliphatic heterocycles. The summed E-state index contributed by atoms with van der Waals surface area (Å²) in [6.45, 7) is 6.89. The highest BCUT2D eigenvalue weighted by molar-refractivity contribution is 5.98. The van der Waals surface area contributed by atoms with Gasteiger partial charge in [0.15, 0.2) is 5.65 Å². The Morgan fingerprint density at radius 1 is 1.07 bits per heavy atom. The minimum absolute atomic E-state index is 0.0204. The summed E-state index contributed by atoms with van der Waals surface area (Å²) in [5.41, 5.74) is 2.34. The lowest BCUT2D eigenvalue weighted by molar-refractivity contribution is -0.130. The minimum atomic E-state index is -0.307. The lowest BCUT2D eigenvalue weighted by Gasteiger charge is -2.36. The molecule has 0 radical (unpaired) electrons. The van der Waals surface area contributed by atoms with Crippen molar-refractivity contribution in [2.24, 2.45) is 0 Å². The molecule has 2 amide bonds. The molecule has 4 rings (SSSR count). The second-order valence-corrected chi connectivity index (χ2v) is 7.71. The van der Waals surface area contributed by atoms with E-state index in [-0.39, 0.29) is 24.4 Å². The van der Waals surface area contributed by atoms with Gasteiger partial charge < -0.3 is 15.1 Å². The number of para-hydroxylation sites is 1. The fourth-order valence-corrected chi connectivity index (χ4v) is 3.66. The summed E-state index contributed by atoms with van der Waals surface area (Å²) in [4.78, 5) is 33.5. The molecule has 0 saturated carbocycles. The number of rotatable bonds is 5. The van der Waals surface area contributed by atoms with Gasteiger partial charge in [0, 0.05) is 49.5 Å². The zero-order valence-corrected chi connectivity index (χ0v) is 17.3. The monoisotopic (exact) mass is 406 g/mol. The van der Waals surface area contributed by atoms with Gasteiger partial charge in [-0.05, 0) is 32.0 Å². The Hall–Kier alpha value is -3.42. The van der Waals surface area contributed by atoms with Crippen molar-refractivity contribution in [1.29, 1.82) is 0 Å². The highest BCUT2D eigenvalue weighted by Crippen LogP contribution is 2.17. The third kappa shape index (κ3) is 4.12. The Morgan fingerprint density at radius 3 is 2.50 bits per heavy atom. The third-order valence-corrected chi connectivity index (χ3v) is 5.34. The summed E-state index contributed by atoms with van der Waals surface area (Å²) in [6, 6.07) is 12.1. The molecule has 2 aromatic heterocycles. The van der Waals surface area contributed by atoms with Crippen molar-refractivity contribution in [2.75, 3.05) is 37.6 Å². The fourth-order valence-electron chi connectivity index (χ4n) is 3.66. The molecule has 8 heteroatoms. The van der Waals surface area contributed by atoms with E-state index >= 15 is 0 Å². The van der Waals surface area contributed by atoms with Crippen LogP contribution in [0.2, 0.25) is 0 Å². The van der Waals surface area contributed by atoms with E-state index in [0.29, 0.717) is 18.7 Å². The van der Waals surface area contributed by atoms with Crippen molar-refractivity contribution in [3.8, 4) is 0 Å². The Morgan fingerprint density at radius 2 is 1.80 bits per heavy atom. The molecule has 156 valence electrons. The second-order valence-electron chi connectivity index (χ2n) is 7.71. The fraction of sp³-hybridized carbons (Fsp3) is 0.364. The molecular weight excluding hydrogens is 380 g/mol. The summed E-state index contributed by atoms with van der Waals surface area (Å²) >= 11 is 0. The van der Waals surface area contributed by atoms with Crippen molar-refractivity contribution in [3.63, 3.8) is 0 Å². The number of aromatic nitrogens is 3. The minimum Gasteiger partial charge on any atom is -0.368 e. The predicted molar refractivity (Wildman–Crippen MR) is 115 cm³/mol. The topological polar surface area (TPSA) is 83.4 Å². The second kappa shape index (κ2) is 8.52. The molecule has 3 heterocycles. The lowest BCUT2D eigenvalue weighted by atomic mass is 10.2. The van der Waals surface area contributed by atoms with Crippen LogP contribution in [-0.4, -0.2) is 64.2 Å². The van der Waals surface area contributed by atoms with Crippen molar-refractivity contribution in [1.82, 2.24) is 25.0 Å². The number of carbonyl (C=O) groups excluding carboxylic acids is 2. The van der Waals surface area contributed by atoms with E-state index in [4.69, 9.17) is 0 Å². The molecule has 30 heavy (non-hydrogen) atoms. The Kier molecular flexibility index (Phi) is 5.65. The number of fused-ring (bicyclic) bond motifs is 1. The number of nitrogens with zero attached hydrogens (tertiary/aromatic N) is 5. The number of anilines is 1. The first-order chi connectivity index (χ1) is 14.5. The number of piperazine rings is 1. The summed E-state index contributed by atoms with van der Waals surface area (Å²) < 4.78 is 1.82. The van der Waals surface area contributed by atoms with Gasteiger partial charge in [-0.15, -0.1) is 0 Å². The smallest absolute Gasteiger partial charge is 0.253 e. The molecule has 0 aliphatic carbocycles. The number of hydrogen-bond acceptors (Lipinski definition) is 5. The number of benzene rings is 1. The molecule has 0 bridgehead atoms. The van der Waals surface area contributed by atoms with Crippen LogP contribution in [0.25, 0.3) is 11.0 Å². The van der Waals surface area contributed by atoms with Gasteiger partial charge in [0.2, 0.25) is 5.91 Å². The number of hydrogen-bond donors (Lipinski definition) is 1. The average Bonchev–Trinajstić information content (AvgIpc) is 3.21. The third-order valence-electron chi connectivity index (χ3n) is 5.34. The largest absolute Gasteiger partial charge is 0.368 e. The van der Waals surface area contributed by atoms with Crippen LogP contribution in [0.1, 0.15) is 30.2 Å². The summed E-state index contributed by atoms with van der Waals surface area (Å²) in [5.74, 6) is -0.379. The number of nitrogens with one attached hydrogen (secondary N) is 1. The standard InChI is InChI=1S/C22H26N6O2/c1-16(2)28-21-17(14-25-28)12-18(13-23-21)22(30)24-15-20(29)27-10-8-26(9-11-27)19-6-4-3-5-7-19/h3-7,12-14,16H,8-11,15H2,1-2H3,(H,24,30). The van der Waals surface area contributed by atoms with E-state index in [1.165, 1.54) is 11.9 Å². The van der Waals surface area contributed by atoms with Crippen LogP contribution >= 0.6 is 0 Å². The maximum absolute atomic E-state index is 12.5. The van der Waals surface area contributed by atoms with Crippen LogP contribution in [0.3, 0.4) is 0 Å². The SMILES string of the molecule is CC(C)n1ncc2cc(C(=O)NCC(=O)N3CCN(c4ccccc4)CC3)cnc21. The first kappa shape index (κ1) is 19.9. The van der Waals surface area contributed by atoms with Gasteiger partial charge >= 0.3 is 0 Å². The summed E-state index contributed by atoms with van der Waals surface area (Å²) in [5, 5.41) is 7.84. The maximum Gasteiger partial charge on any atom is 0.253 e. The molecule has 0 unspecified atom stereocenters. The van der Waals surface area contributed by atoms with Crippen molar-refractivity contribution < 1.29 is 9.59 Å². The first-order valence-electron chi connectivity index (χ1n) is 10.2. The molecule has 0 spiro atoms. The van der Waals surface area contributed by atoms with Crippen LogP contribution in [0.15, 0.2) is 48.8 Å². The van der Waals surface area contributed by atoms with Crippen LogP contribution in [0, 0.1) is 0 Å². The lowest BCUT2D eigenvalue weighted by Crippen LogP contribution is -2.51. The van der Waals surface area contributed by atoms with E-state index < -0.39 is 0 Å².